The topological polar surface area (TPSA) is 29.5 Å². The van der Waals surface area contributed by atoms with Gasteiger partial charge in [0.1, 0.15) is 0 Å². The number of hydrogen-bond donors (Lipinski definition) is 0. The van der Waals surface area contributed by atoms with E-state index in [1.54, 1.807) is 0 Å². The van der Waals surface area contributed by atoms with Gasteiger partial charge in [0.15, 0.2) is 0 Å². The SMILES string of the molecule is CC(C)(CC1CCOCC1)C(=O)N1CCS[C@@H](c2ccccc2)C1. The van der Waals surface area contributed by atoms with Gasteiger partial charge >= 0.3 is 0 Å². The summed E-state index contributed by atoms with van der Waals surface area (Å²) >= 11 is 1.97. The number of hydrogen-bond acceptors (Lipinski definition) is 3. The Bertz CT molecular complexity index is 540. The summed E-state index contributed by atoms with van der Waals surface area (Å²) < 4.78 is 5.46. The van der Waals surface area contributed by atoms with Crippen LogP contribution in [0.25, 0.3) is 0 Å². The molecule has 2 fully saturated rings. The zero-order valence-electron chi connectivity index (χ0n) is 14.9. The lowest BCUT2D eigenvalue weighted by Crippen LogP contribution is -2.46. The highest BCUT2D eigenvalue weighted by atomic mass is 32.2. The molecule has 2 aliphatic rings. The summed E-state index contributed by atoms with van der Waals surface area (Å²) in [5, 5.41) is 0.405. The number of amides is 1. The van der Waals surface area contributed by atoms with Crippen molar-refractivity contribution in [3.8, 4) is 0 Å². The van der Waals surface area contributed by atoms with Crippen LogP contribution in [0.5, 0.6) is 0 Å². The van der Waals surface area contributed by atoms with E-state index in [2.05, 4.69) is 49.1 Å². The molecule has 3 nitrogen and oxygen atoms in total. The monoisotopic (exact) mass is 347 g/mol. The molecule has 1 atom stereocenters. The molecule has 0 aromatic heterocycles. The molecule has 0 spiro atoms. The summed E-state index contributed by atoms with van der Waals surface area (Å²) in [6.07, 6.45) is 3.17. The summed E-state index contributed by atoms with van der Waals surface area (Å²) in [6.45, 7) is 7.68. The van der Waals surface area contributed by atoms with Crippen molar-refractivity contribution in [2.24, 2.45) is 11.3 Å². The standard InChI is InChI=1S/C20H29NO2S/c1-20(2,14-16-8-11-23-12-9-16)19(22)21-10-13-24-18(15-21)17-6-4-3-5-7-17/h3-7,16,18H,8-15H2,1-2H3/t18-/m1/s1. The van der Waals surface area contributed by atoms with Crippen LogP contribution in [-0.2, 0) is 9.53 Å². The lowest BCUT2D eigenvalue weighted by Gasteiger charge is -2.39. The first-order valence-electron chi connectivity index (χ1n) is 9.10. The molecule has 2 heterocycles. The minimum atomic E-state index is -0.273. The highest BCUT2D eigenvalue weighted by Gasteiger charge is 2.37. The smallest absolute Gasteiger partial charge is 0.228 e. The molecule has 24 heavy (non-hydrogen) atoms. The minimum Gasteiger partial charge on any atom is -0.381 e. The Hall–Kier alpha value is -1.00. The van der Waals surface area contributed by atoms with Crippen molar-refractivity contribution in [2.45, 2.75) is 38.4 Å². The van der Waals surface area contributed by atoms with E-state index in [1.165, 1.54) is 5.56 Å². The van der Waals surface area contributed by atoms with Gasteiger partial charge in [-0.25, -0.2) is 0 Å². The van der Waals surface area contributed by atoms with Crippen LogP contribution in [0.15, 0.2) is 30.3 Å². The molecule has 0 radical (unpaired) electrons. The number of nitrogens with zero attached hydrogens (tertiary/aromatic N) is 1. The fraction of sp³-hybridized carbons (Fsp3) is 0.650. The molecule has 0 bridgehead atoms. The second kappa shape index (κ2) is 7.92. The van der Waals surface area contributed by atoms with Crippen molar-refractivity contribution < 1.29 is 9.53 Å². The van der Waals surface area contributed by atoms with Crippen molar-refractivity contribution >= 4 is 17.7 Å². The lowest BCUT2D eigenvalue weighted by atomic mass is 9.78. The Kier molecular flexibility index (Phi) is 5.88. The Morgan fingerprint density at radius 1 is 1.25 bits per heavy atom. The van der Waals surface area contributed by atoms with Gasteiger partial charge in [-0.1, -0.05) is 44.2 Å². The largest absolute Gasteiger partial charge is 0.381 e. The molecular formula is C20H29NO2S. The third-order valence-electron chi connectivity index (χ3n) is 5.24. The molecule has 0 N–H and O–H groups in total. The second-order valence-corrected chi connectivity index (χ2v) is 8.98. The Labute approximate surface area is 150 Å². The van der Waals surface area contributed by atoms with E-state index in [-0.39, 0.29) is 5.41 Å². The number of benzene rings is 1. The summed E-state index contributed by atoms with van der Waals surface area (Å²) in [6, 6.07) is 10.6. The lowest BCUT2D eigenvalue weighted by molar-refractivity contribution is -0.141. The van der Waals surface area contributed by atoms with Crippen LogP contribution >= 0.6 is 11.8 Å². The fourth-order valence-corrected chi connectivity index (χ4v) is 5.14. The van der Waals surface area contributed by atoms with Crippen LogP contribution in [0.3, 0.4) is 0 Å². The Balaban J connectivity index is 1.62. The molecule has 3 rings (SSSR count). The first-order chi connectivity index (χ1) is 11.6. The Morgan fingerprint density at radius 2 is 1.96 bits per heavy atom. The van der Waals surface area contributed by atoms with E-state index < -0.39 is 0 Å². The van der Waals surface area contributed by atoms with E-state index in [4.69, 9.17) is 4.74 Å². The number of carbonyl (C=O) groups is 1. The zero-order chi connectivity index (χ0) is 17.0. The van der Waals surface area contributed by atoms with Gasteiger partial charge in [0.2, 0.25) is 5.91 Å². The molecule has 2 saturated heterocycles. The highest BCUT2D eigenvalue weighted by molar-refractivity contribution is 7.99. The third kappa shape index (κ3) is 4.34. The minimum absolute atomic E-state index is 0.273. The summed E-state index contributed by atoms with van der Waals surface area (Å²) in [4.78, 5) is 15.3. The normalized spacial score (nSPS) is 23.2. The van der Waals surface area contributed by atoms with Crippen molar-refractivity contribution in [1.82, 2.24) is 4.90 Å². The van der Waals surface area contributed by atoms with Gasteiger partial charge in [-0.05, 0) is 30.7 Å². The number of thioether (sulfide) groups is 1. The molecule has 132 valence electrons. The number of carbonyl (C=O) groups excluding carboxylic acids is 1. The predicted molar refractivity (Wildman–Crippen MR) is 100 cm³/mol. The average Bonchev–Trinajstić information content (AvgIpc) is 2.62. The molecule has 1 amide bonds. The van der Waals surface area contributed by atoms with E-state index in [9.17, 15) is 4.79 Å². The average molecular weight is 348 g/mol. The summed E-state index contributed by atoms with van der Waals surface area (Å²) in [5.41, 5.74) is 1.06. The summed E-state index contributed by atoms with van der Waals surface area (Å²) in [5.74, 6) is 1.98. The molecule has 1 aromatic carbocycles. The maximum Gasteiger partial charge on any atom is 0.228 e. The molecular weight excluding hydrogens is 318 g/mol. The van der Waals surface area contributed by atoms with Gasteiger partial charge in [-0.3, -0.25) is 4.79 Å². The fourth-order valence-electron chi connectivity index (χ4n) is 3.89. The van der Waals surface area contributed by atoms with Gasteiger partial charge in [-0.2, -0.15) is 11.8 Å². The van der Waals surface area contributed by atoms with Gasteiger partial charge in [0.25, 0.3) is 0 Å². The Morgan fingerprint density at radius 3 is 2.67 bits per heavy atom. The van der Waals surface area contributed by atoms with Crippen molar-refractivity contribution in [2.75, 3.05) is 32.1 Å². The van der Waals surface area contributed by atoms with Crippen LogP contribution in [0.4, 0.5) is 0 Å². The van der Waals surface area contributed by atoms with Crippen molar-refractivity contribution in [3.63, 3.8) is 0 Å². The molecule has 0 saturated carbocycles. The first-order valence-corrected chi connectivity index (χ1v) is 10.1. The number of ether oxygens (including phenoxy) is 1. The van der Waals surface area contributed by atoms with Gasteiger partial charge in [0.05, 0.1) is 0 Å². The molecule has 1 aromatic rings. The molecule has 0 unspecified atom stereocenters. The molecule has 2 aliphatic heterocycles. The quantitative estimate of drug-likeness (QED) is 0.819. The highest BCUT2D eigenvalue weighted by Crippen LogP contribution is 2.37. The van der Waals surface area contributed by atoms with Crippen LogP contribution in [-0.4, -0.2) is 42.9 Å². The van der Waals surface area contributed by atoms with Crippen molar-refractivity contribution in [1.29, 1.82) is 0 Å². The maximum atomic E-state index is 13.2. The van der Waals surface area contributed by atoms with E-state index in [0.717, 1.165) is 51.3 Å². The van der Waals surface area contributed by atoms with Gasteiger partial charge in [0, 0.05) is 42.7 Å². The van der Waals surface area contributed by atoms with Crippen LogP contribution < -0.4 is 0 Å². The summed E-state index contributed by atoms with van der Waals surface area (Å²) in [7, 11) is 0. The van der Waals surface area contributed by atoms with Gasteiger partial charge in [-0.15, -0.1) is 0 Å². The van der Waals surface area contributed by atoms with Crippen LogP contribution in [0, 0.1) is 11.3 Å². The van der Waals surface area contributed by atoms with Crippen molar-refractivity contribution in [3.05, 3.63) is 35.9 Å². The number of rotatable bonds is 4. The predicted octanol–water partition coefficient (Wildman–Crippen LogP) is 4.15. The van der Waals surface area contributed by atoms with E-state index >= 15 is 0 Å². The maximum absolute atomic E-state index is 13.2. The third-order valence-corrected chi connectivity index (χ3v) is 6.49. The van der Waals surface area contributed by atoms with E-state index in [1.807, 2.05) is 11.8 Å². The van der Waals surface area contributed by atoms with E-state index in [0.29, 0.717) is 17.1 Å². The molecule has 4 heteroatoms. The van der Waals surface area contributed by atoms with Crippen LogP contribution in [0.1, 0.15) is 43.9 Å². The molecule has 0 aliphatic carbocycles. The zero-order valence-corrected chi connectivity index (χ0v) is 15.7. The first kappa shape index (κ1) is 17.8. The van der Waals surface area contributed by atoms with Gasteiger partial charge < -0.3 is 9.64 Å². The second-order valence-electron chi connectivity index (χ2n) is 7.67. The van der Waals surface area contributed by atoms with Crippen LogP contribution in [0.2, 0.25) is 0 Å².